The standard InChI is InChI=1S/C23H22ClFN6S/c1-11-2-7-16(32-11)20-18(25)22(28-15-8-12-3-5-13(15)6-4-12)31-21(30-20)14-9-27-23-19(14)26-10-17(24)29-23/h2,7,9-10,12-13,15H,3-6,8H2,1H3,(H,27,29)(H,28,30,31). The van der Waals surface area contributed by atoms with Gasteiger partial charge < -0.3 is 10.3 Å². The summed E-state index contributed by atoms with van der Waals surface area (Å²) in [5, 5.41) is 3.77. The second-order valence-corrected chi connectivity index (χ2v) is 10.5. The van der Waals surface area contributed by atoms with Crippen molar-refractivity contribution in [2.45, 2.75) is 45.1 Å². The number of fused-ring (bicyclic) bond motifs is 4. The molecule has 32 heavy (non-hydrogen) atoms. The Morgan fingerprint density at radius 3 is 2.72 bits per heavy atom. The maximum absolute atomic E-state index is 15.7. The summed E-state index contributed by atoms with van der Waals surface area (Å²) in [6.07, 6.45) is 9.31. The van der Waals surface area contributed by atoms with Gasteiger partial charge in [-0.3, -0.25) is 0 Å². The molecule has 4 heterocycles. The average Bonchev–Trinajstić information content (AvgIpc) is 3.42. The van der Waals surface area contributed by atoms with Crippen LogP contribution < -0.4 is 5.32 Å². The Morgan fingerprint density at radius 1 is 1.16 bits per heavy atom. The summed E-state index contributed by atoms with van der Waals surface area (Å²) < 4.78 is 15.7. The van der Waals surface area contributed by atoms with Gasteiger partial charge >= 0.3 is 0 Å². The van der Waals surface area contributed by atoms with E-state index >= 15 is 4.39 Å². The van der Waals surface area contributed by atoms with Crippen LogP contribution in [-0.4, -0.2) is 31.0 Å². The average molecular weight is 469 g/mol. The van der Waals surface area contributed by atoms with Gasteiger partial charge in [-0.1, -0.05) is 24.4 Å². The molecular weight excluding hydrogens is 447 g/mol. The molecule has 2 bridgehead atoms. The first-order valence-electron chi connectivity index (χ1n) is 11.0. The summed E-state index contributed by atoms with van der Waals surface area (Å²) in [7, 11) is 0. The zero-order valence-corrected chi connectivity index (χ0v) is 19.1. The molecular formula is C23H22ClFN6S. The fourth-order valence-electron chi connectivity index (χ4n) is 5.16. The number of hydrogen-bond acceptors (Lipinski definition) is 6. The number of aryl methyl sites for hydroxylation is 1. The molecule has 6 nitrogen and oxygen atoms in total. The normalized spacial score (nSPS) is 22.5. The Labute approximate surface area is 193 Å². The second-order valence-electron chi connectivity index (χ2n) is 8.83. The van der Waals surface area contributed by atoms with Crippen LogP contribution in [0.15, 0.2) is 24.5 Å². The van der Waals surface area contributed by atoms with Gasteiger partial charge in [0.1, 0.15) is 16.4 Å². The first kappa shape index (κ1) is 20.1. The van der Waals surface area contributed by atoms with Gasteiger partial charge in [-0.05, 0) is 50.2 Å². The molecule has 3 aliphatic carbocycles. The topological polar surface area (TPSA) is 79.4 Å². The number of nitrogens with one attached hydrogen (secondary N) is 2. The Morgan fingerprint density at radius 2 is 2.00 bits per heavy atom. The Balaban J connectivity index is 1.47. The van der Waals surface area contributed by atoms with Crippen molar-refractivity contribution in [3.8, 4) is 22.0 Å². The summed E-state index contributed by atoms with van der Waals surface area (Å²) >= 11 is 7.51. The minimum Gasteiger partial charge on any atom is -0.364 e. The van der Waals surface area contributed by atoms with Gasteiger partial charge in [0.15, 0.2) is 23.1 Å². The molecule has 0 radical (unpaired) electrons. The van der Waals surface area contributed by atoms with E-state index in [1.807, 2.05) is 19.1 Å². The summed E-state index contributed by atoms with van der Waals surface area (Å²) in [6, 6.07) is 4.14. The van der Waals surface area contributed by atoms with E-state index in [4.69, 9.17) is 11.6 Å². The number of aromatic amines is 1. The summed E-state index contributed by atoms with van der Waals surface area (Å²) in [5.74, 6) is 1.59. The van der Waals surface area contributed by atoms with Crippen LogP contribution in [0.1, 0.15) is 37.0 Å². The van der Waals surface area contributed by atoms with Crippen LogP contribution >= 0.6 is 22.9 Å². The van der Waals surface area contributed by atoms with Crippen LogP contribution in [0.2, 0.25) is 5.15 Å². The van der Waals surface area contributed by atoms with Crippen molar-refractivity contribution in [2.75, 3.05) is 5.32 Å². The third-order valence-electron chi connectivity index (χ3n) is 6.79. The van der Waals surface area contributed by atoms with Crippen LogP contribution in [0.5, 0.6) is 0 Å². The molecule has 3 aliphatic rings. The first-order chi connectivity index (χ1) is 15.5. The van der Waals surface area contributed by atoms with E-state index in [2.05, 4.69) is 30.2 Å². The Bertz CT molecular complexity index is 1310. The molecule has 3 fully saturated rings. The molecule has 4 aromatic heterocycles. The van der Waals surface area contributed by atoms with Gasteiger partial charge in [-0.25, -0.2) is 24.3 Å². The molecule has 7 rings (SSSR count). The van der Waals surface area contributed by atoms with Crippen LogP contribution in [0.4, 0.5) is 10.2 Å². The van der Waals surface area contributed by atoms with E-state index in [0.717, 1.165) is 22.1 Å². The van der Waals surface area contributed by atoms with Gasteiger partial charge in [-0.15, -0.1) is 11.3 Å². The van der Waals surface area contributed by atoms with Crippen molar-refractivity contribution < 1.29 is 4.39 Å². The highest BCUT2D eigenvalue weighted by atomic mass is 35.5. The van der Waals surface area contributed by atoms with E-state index < -0.39 is 5.82 Å². The van der Waals surface area contributed by atoms with Gasteiger partial charge in [0, 0.05) is 17.1 Å². The number of rotatable bonds is 4. The SMILES string of the molecule is Cc1ccc(-c2nc(-c3c[nH]c4nc(Cl)cnc34)nc(NC3CC4CCC3CC4)c2F)s1. The van der Waals surface area contributed by atoms with E-state index in [0.29, 0.717) is 39.3 Å². The maximum atomic E-state index is 15.7. The lowest BCUT2D eigenvalue weighted by atomic mass is 9.68. The lowest BCUT2D eigenvalue weighted by molar-refractivity contribution is 0.157. The van der Waals surface area contributed by atoms with Gasteiger partial charge in [-0.2, -0.15) is 0 Å². The molecule has 0 aromatic carbocycles. The van der Waals surface area contributed by atoms with Crippen molar-refractivity contribution in [1.29, 1.82) is 0 Å². The highest BCUT2D eigenvalue weighted by Crippen LogP contribution is 2.43. The quantitative estimate of drug-likeness (QED) is 0.371. The molecule has 0 amide bonds. The number of hydrogen-bond donors (Lipinski definition) is 2. The minimum atomic E-state index is -0.397. The van der Waals surface area contributed by atoms with E-state index in [9.17, 15) is 0 Å². The lowest BCUT2D eigenvalue weighted by Crippen LogP contribution is -2.40. The molecule has 1 atom stereocenters. The predicted molar refractivity (Wildman–Crippen MR) is 125 cm³/mol. The highest BCUT2D eigenvalue weighted by Gasteiger charge is 2.36. The maximum Gasteiger partial charge on any atom is 0.192 e. The molecule has 0 spiro atoms. The third kappa shape index (κ3) is 3.46. The molecule has 2 N–H and O–H groups in total. The fraction of sp³-hybridized carbons (Fsp3) is 0.391. The second kappa shape index (κ2) is 7.78. The number of thiophene rings is 1. The van der Waals surface area contributed by atoms with Crippen LogP contribution in [-0.2, 0) is 0 Å². The van der Waals surface area contributed by atoms with Crippen LogP contribution in [0, 0.1) is 24.6 Å². The van der Waals surface area contributed by atoms with Crippen molar-refractivity contribution in [2.24, 2.45) is 11.8 Å². The minimum absolute atomic E-state index is 0.249. The highest BCUT2D eigenvalue weighted by molar-refractivity contribution is 7.15. The number of halogens is 2. The predicted octanol–water partition coefficient (Wildman–Crippen LogP) is 6.23. The summed E-state index contributed by atoms with van der Waals surface area (Å²) in [6.45, 7) is 2.01. The van der Waals surface area contributed by atoms with Crippen molar-refractivity contribution >= 4 is 39.9 Å². The monoisotopic (exact) mass is 468 g/mol. The van der Waals surface area contributed by atoms with E-state index in [-0.39, 0.29) is 11.9 Å². The number of H-pyrrole nitrogens is 1. The largest absolute Gasteiger partial charge is 0.364 e. The van der Waals surface area contributed by atoms with Crippen molar-refractivity contribution in [1.82, 2.24) is 24.9 Å². The molecule has 164 valence electrons. The third-order valence-corrected chi connectivity index (χ3v) is 7.98. The molecule has 1 unspecified atom stereocenters. The summed E-state index contributed by atoms with van der Waals surface area (Å²) in [5.41, 5.74) is 2.14. The van der Waals surface area contributed by atoms with Crippen LogP contribution in [0.3, 0.4) is 0 Å². The smallest absolute Gasteiger partial charge is 0.192 e. The number of anilines is 1. The first-order valence-corrected chi connectivity index (χ1v) is 12.2. The van der Waals surface area contributed by atoms with Crippen LogP contribution in [0.25, 0.3) is 33.1 Å². The van der Waals surface area contributed by atoms with Gasteiger partial charge in [0.2, 0.25) is 0 Å². The Hall–Kier alpha value is -2.58. The van der Waals surface area contributed by atoms with Crippen molar-refractivity contribution in [3.63, 3.8) is 0 Å². The zero-order valence-electron chi connectivity index (χ0n) is 17.5. The number of nitrogens with zero attached hydrogens (tertiary/aromatic N) is 4. The Kier molecular flexibility index (Phi) is 4.87. The summed E-state index contributed by atoms with van der Waals surface area (Å²) in [4.78, 5) is 22.9. The van der Waals surface area contributed by atoms with Crippen molar-refractivity contribution in [3.05, 3.63) is 40.4 Å². The molecule has 9 heteroatoms. The molecule has 0 saturated heterocycles. The fourth-order valence-corrected chi connectivity index (χ4v) is 6.15. The molecule has 3 saturated carbocycles. The molecule has 0 aliphatic heterocycles. The van der Waals surface area contributed by atoms with E-state index in [1.54, 1.807) is 6.20 Å². The molecule has 4 aromatic rings. The van der Waals surface area contributed by atoms with E-state index in [1.165, 1.54) is 43.2 Å². The number of aromatic nitrogens is 5. The zero-order chi connectivity index (χ0) is 21.8. The van der Waals surface area contributed by atoms with Gasteiger partial charge in [0.25, 0.3) is 0 Å². The lowest BCUT2D eigenvalue weighted by Gasteiger charge is -2.42. The van der Waals surface area contributed by atoms with Gasteiger partial charge in [0.05, 0.1) is 16.6 Å².